The quantitative estimate of drug-likeness (QED) is 0.153. The first-order chi connectivity index (χ1) is 29.1. The van der Waals surface area contributed by atoms with Crippen LogP contribution < -0.4 is 0 Å². The lowest BCUT2D eigenvalue weighted by molar-refractivity contribution is 1.07. The molecule has 0 fully saturated rings. The molecule has 0 unspecified atom stereocenters. The third-order valence-corrected chi connectivity index (χ3v) is 10.6. The smallest absolute Gasteiger partial charge is 0.165 e. The molecule has 0 aliphatic heterocycles. The maximum Gasteiger partial charge on any atom is 0.165 e. The fraction of sp³-hybridized carbons (Fsp3) is 0. The molecule has 2 aromatic heterocycles. The molecule has 0 radical (unpaired) electrons. The molecule has 10 aromatic rings. The maximum atomic E-state index is 6.75. The Labute approximate surface area is 346 Å². The van der Waals surface area contributed by atoms with E-state index < -0.39 is 0 Å². The summed E-state index contributed by atoms with van der Waals surface area (Å²) in [5, 5.41) is 2.89. The molecule has 0 amide bonds. The Kier molecular flexibility index (Phi) is 9.50. The Morgan fingerprint density at radius 2 is 0.644 bits per heavy atom. The van der Waals surface area contributed by atoms with E-state index in [0.717, 1.165) is 66.4 Å². The number of rotatable bonds is 8. The first kappa shape index (κ1) is 35.7. The molecule has 8 aromatic carbocycles. The van der Waals surface area contributed by atoms with Crippen LogP contribution in [0.4, 0.5) is 0 Å². The molecule has 0 saturated heterocycles. The van der Waals surface area contributed by atoms with Crippen LogP contribution in [0.25, 0.3) is 101 Å². The largest absolute Gasteiger partial charge is 0.208 e. The van der Waals surface area contributed by atoms with E-state index in [2.05, 4.69) is 84.9 Å². The van der Waals surface area contributed by atoms with Crippen LogP contribution in [-0.4, -0.2) is 29.9 Å². The standard InChI is InChI=1S/C52H33ClN6/c53-46-26-13-12-24-45(46)52-58-49(38-20-8-3-9-21-38)57-51(59-52)42-32-40(31-41(33-42)44-25-14-22-35-15-10-11-23-43(35)44)34-27-29-39(30-28-34)50-55-47(36-16-4-1-5-17-36)54-48(56-50)37-18-6-2-7-19-37/h1-33H. The van der Waals surface area contributed by atoms with E-state index in [4.69, 9.17) is 41.5 Å². The van der Waals surface area contributed by atoms with E-state index in [-0.39, 0.29) is 0 Å². The van der Waals surface area contributed by atoms with Gasteiger partial charge in [-0.25, -0.2) is 29.9 Å². The van der Waals surface area contributed by atoms with E-state index in [1.807, 2.05) is 115 Å². The van der Waals surface area contributed by atoms with Gasteiger partial charge in [0.2, 0.25) is 0 Å². The van der Waals surface area contributed by atoms with Gasteiger partial charge in [0.15, 0.2) is 34.9 Å². The number of nitrogens with zero attached hydrogens (tertiary/aromatic N) is 6. The first-order valence-electron chi connectivity index (χ1n) is 19.3. The van der Waals surface area contributed by atoms with Crippen molar-refractivity contribution in [1.82, 2.24) is 29.9 Å². The van der Waals surface area contributed by atoms with Crippen LogP contribution in [0.15, 0.2) is 200 Å². The molecule has 0 saturated carbocycles. The Bertz CT molecular complexity index is 3040. The average molecular weight is 777 g/mol. The molecule has 0 aliphatic carbocycles. The van der Waals surface area contributed by atoms with E-state index in [1.54, 1.807) is 0 Å². The summed E-state index contributed by atoms with van der Waals surface area (Å²) >= 11 is 6.75. The van der Waals surface area contributed by atoms with Crippen LogP contribution in [0.1, 0.15) is 0 Å². The highest BCUT2D eigenvalue weighted by Gasteiger charge is 2.18. The average Bonchev–Trinajstić information content (AvgIpc) is 3.32. The summed E-state index contributed by atoms with van der Waals surface area (Å²) in [7, 11) is 0. The predicted molar refractivity (Wildman–Crippen MR) is 239 cm³/mol. The molecule has 59 heavy (non-hydrogen) atoms. The summed E-state index contributed by atoms with van der Waals surface area (Å²) in [6.07, 6.45) is 0. The van der Waals surface area contributed by atoms with Crippen molar-refractivity contribution < 1.29 is 0 Å². The van der Waals surface area contributed by atoms with E-state index in [1.165, 1.54) is 0 Å². The normalized spacial score (nSPS) is 11.1. The number of fused-ring (bicyclic) bond motifs is 1. The lowest BCUT2D eigenvalue weighted by Gasteiger charge is -2.14. The first-order valence-corrected chi connectivity index (χ1v) is 19.7. The summed E-state index contributed by atoms with van der Waals surface area (Å²) in [5.41, 5.74) is 9.36. The van der Waals surface area contributed by atoms with E-state index in [9.17, 15) is 0 Å². The zero-order chi connectivity index (χ0) is 39.5. The second-order valence-corrected chi connectivity index (χ2v) is 14.5. The van der Waals surface area contributed by atoms with Gasteiger partial charge in [0.25, 0.3) is 0 Å². The van der Waals surface area contributed by atoms with Crippen molar-refractivity contribution in [2.24, 2.45) is 0 Å². The molecular weight excluding hydrogens is 744 g/mol. The Morgan fingerprint density at radius 1 is 0.254 bits per heavy atom. The number of benzene rings is 8. The van der Waals surface area contributed by atoms with Crippen LogP contribution in [0.2, 0.25) is 5.02 Å². The van der Waals surface area contributed by atoms with Gasteiger partial charge in [-0.1, -0.05) is 181 Å². The van der Waals surface area contributed by atoms with Gasteiger partial charge in [0.1, 0.15) is 0 Å². The monoisotopic (exact) mass is 776 g/mol. The van der Waals surface area contributed by atoms with Gasteiger partial charge < -0.3 is 0 Å². The van der Waals surface area contributed by atoms with Crippen molar-refractivity contribution in [3.05, 3.63) is 205 Å². The molecule has 10 rings (SSSR count). The van der Waals surface area contributed by atoms with Crippen molar-refractivity contribution in [3.8, 4) is 90.6 Å². The molecule has 2 heterocycles. The topological polar surface area (TPSA) is 77.3 Å². The summed E-state index contributed by atoms with van der Waals surface area (Å²) in [6, 6.07) is 67.4. The van der Waals surface area contributed by atoms with Crippen molar-refractivity contribution >= 4 is 22.4 Å². The number of halogens is 1. The molecular formula is C52H33ClN6. The Morgan fingerprint density at radius 3 is 1.22 bits per heavy atom. The van der Waals surface area contributed by atoms with Crippen LogP contribution in [0.3, 0.4) is 0 Å². The molecule has 7 heteroatoms. The summed E-state index contributed by atoms with van der Waals surface area (Å²) in [4.78, 5) is 29.9. The maximum absolute atomic E-state index is 6.75. The van der Waals surface area contributed by atoms with Gasteiger partial charge in [-0.2, -0.15) is 0 Å². The summed E-state index contributed by atoms with van der Waals surface area (Å²) in [6.45, 7) is 0. The van der Waals surface area contributed by atoms with Crippen molar-refractivity contribution in [3.63, 3.8) is 0 Å². The van der Waals surface area contributed by atoms with Crippen LogP contribution in [0, 0.1) is 0 Å². The molecule has 0 aliphatic rings. The zero-order valence-electron chi connectivity index (χ0n) is 31.6. The highest BCUT2D eigenvalue weighted by Crippen LogP contribution is 2.37. The second-order valence-electron chi connectivity index (χ2n) is 14.1. The van der Waals surface area contributed by atoms with Gasteiger partial charge in [0, 0.05) is 33.4 Å². The fourth-order valence-corrected chi connectivity index (χ4v) is 7.51. The van der Waals surface area contributed by atoms with E-state index >= 15 is 0 Å². The third kappa shape index (κ3) is 7.37. The van der Waals surface area contributed by atoms with Crippen molar-refractivity contribution in [1.29, 1.82) is 0 Å². The summed E-state index contributed by atoms with van der Waals surface area (Å²) in [5.74, 6) is 3.45. The lowest BCUT2D eigenvalue weighted by Crippen LogP contribution is -2.01. The van der Waals surface area contributed by atoms with Gasteiger partial charge >= 0.3 is 0 Å². The Hall–Kier alpha value is -7.67. The molecule has 6 nitrogen and oxygen atoms in total. The van der Waals surface area contributed by atoms with Crippen molar-refractivity contribution in [2.75, 3.05) is 0 Å². The second kappa shape index (κ2) is 15.7. The molecule has 278 valence electrons. The van der Waals surface area contributed by atoms with Gasteiger partial charge in [-0.3, -0.25) is 0 Å². The van der Waals surface area contributed by atoms with E-state index in [0.29, 0.717) is 40.0 Å². The SMILES string of the molecule is Clc1ccccc1-c1nc(-c2ccccc2)nc(-c2cc(-c3ccc(-c4nc(-c5ccccc5)nc(-c5ccccc5)n4)cc3)cc(-c3cccc4ccccc34)c2)n1. The van der Waals surface area contributed by atoms with Crippen LogP contribution in [0.5, 0.6) is 0 Å². The molecule has 0 atom stereocenters. The number of hydrogen-bond acceptors (Lipinski definition) is 6. The molecule has 0 bridgehead atoms. The van der Waals surface area contributed by atoms with Crippen molar-refractivity contribution in [2.45, 2.75) is 0 Å². The minimum Gasteiger partial charge on any atom is -0.208 e. The third-order valence-electron chi connectivity index (χ3n) is 10.2. The molecule has 0 spiro atoms. The zero-order valence-corrected chi connectivity index (χ0v) is 32.4. The van der Waals surface area contributed by atoms with Gasteiger partial charge in [0.05, 0.1) is 5.02 Å². The van der Waals surface area contributed by atoms with Crippen LogP contribution >= 0.6 is 11.6 Å². The summed E-state index contributed by atoms with van der Waals surface area (Å²) < 4.78 is 0. The molecule has 0 N–H and O–H groups in total. The van der Waals surface area contributed by atoms with Crippen LogP contribution in [-0.2, 0) is 0 Å². The minimum absolute atomic E-state index is 0.503. The highest BCUT2D eigenvalue weighted by atomic mass is 35.5. The van der Waals surface area contributed by atoms with Gasteiger partial charge in [-0.05, 0) is 63.4 Å². The highest BCUT2D eigenvalue weighted by molar-refractivity contribution is 6.33. The number of aromatic nitrogens is 6. The minimum atomic E-state index is 0.503. The lowest BCUT2D eigenvalue weighted by atomic mass is 9.92. The number of hydrogen-bond donors (Lipinski definition) is 0. The fourth-order valence-electron chi connectivity index (χ4n) is 7.29. The van der Waals surface area contributed by atoms with Gasteiger partial charge in [-0.15, -0.1) is 0 Å². The Balaban J connectivity index is 1.13. The predicted octanol–water partition coefficient (Wildman–Crippen LogP) is 13.2.